The number of carbonyl (C=O) groups is 2. The molecule has 0 bridgehead atoms. The zero-order valence-corrected chi connectivity index (χ0v) is 17.0. The molecule has 0 aliphatic rings. The number of nitrogens with zero attached hydrogens (tertiary/aromatic N) is 1. The monoisotopic (exact) mass is 423 g/mol. The number of carbonyl (C=O) groups excluding carboxylic acids is 2. The van der Waals surface area contributed by atoms with Crippen LogP contribution in [0.3, 0.4) is 0 Å². The first-order valence-electron chi connectivity index (χ1n) is 9.20. The average molecular weight is 423 g/mol. The standard InChI is InChI=1S/C21H24F3N3O3/c1-14-7-6-9-17(15(14)2)26-20(29)13-27(3)12-19(28)25-11-16-8-4-5-10-18(16)30-21(22,23)24/h4-10H,11-13H2,1-3H3,(H,25,28)(H,26,29). The van der Waals surface area contributed by atoms with Crippen molar-refractivity contribution in [2.75, 3.05) is 25.5 Å². The molecular weight excluding hydrogens is 399 g/mol. The highest BCUT2D eigenvalue weighted by molar-refractivity contribution is 5.93. The Morgan fingerprint density at radius 2 is 1.67 bits per heavy atom. The summed E-state index contributed by atoms with van der Waals surface area (Å²) in [5.41, 5.74) is 2.92. The van der Waals surface area contributed by atoms with Gasteiger partial charge in [-0.15, -0.1) is 13.2 Å². The zero-order valence-electron chi connectivity index (χ0n) is 17.0. The Balaban J connectivity index is 1.84. The number of nitrogens with one attached hydrogen (secondary N) is 2. The number of amides is 2. The maximum atomic E-state index is 12.5. The summed E-state index contributed by atoms with van der Waals surface area (Å²) in [6.45, 7) is 3.60. The summed E-state index contributed by atoms with van der Waals surface area (Å²) in [5.74, 6) is -1.08. The molecular formula is C21H24F3N3O3. The van der Waals surface area contributed by atoms with Crippen LogP contribution in [0, 0.1) is 13.8 Å². The maximum absolute atomic E-state index is 12.5. The Kier molecular flexibility index (Phi) is 7.82. The lowest BCUT2D eigenvalue weighted by atomic mass is 10.1. The largest absolute Gasteiger partial charge is 0.573 e. The van der Waals surface area contributed by atoms with Crippen LogP contribution in [0.4, 0.5) is 18.9 Å². The molecule has 0 unspecified atom stereocenters. The molecule has 0 radical (unpaired) electrons. The van der Waals surface area contributed by atoms with Crippen LogP contribution in [0.25, 0.3) is 0 Å². The fourth-order valence-electron chi connectivity index (χ4n) is 2.75. The summed E-state index contributed by atoms with van der Waals surface area (Å²) in [6, 6.07) is 11.2. The molecule has 0 aliphatic carbocycles. The third-order valence-corrected chi connectivity index (χ3v) is 4.38. The Labute approximate surface area is 173 Å². The lowest BCUT2D eigenvalue weighted by Crippen LogP contribution is -2.38. The molecule has 0 aliphatic heterocycles. The van der Waals surface area contributed by atoms with Crippen molar-refractivity contribution >= 4 is 17.5 Å². The summed E-state index contributed by atoms with van der Waals surface area (Å²) in [7, 11) is 1.60. The van der Waals surface area contributed by atoms with Crippen LogP contribution >= 0.6 is 0 Å². The smallest absolute Gasteiger partial charge is 0.405 e. The number of rotatable bonds is 8. The van der Waals surface area contributed by atoms with Gasteiger partial charge >= 0.3 is 6.36 Å². The molecule has 0 saturated carbocycles. The van der Waals surface area contributed by atoms with Crippen molar-refractivity contribution in [3.05, 3.63) is 59.2 Å². The van der Waals surface area contributed by atoms with Gasteiger partial charge in [-0.3, -0.25) is 14.5 Å². The number of likely N-dealkylation sites (N-methyl/N-ethyl adjacent to an activating group) is 1. The molecule has 0 heterocycles. The molecule has 9 heteroatoms. The minimum atomic E-state index is -4.82. The molecule has 2 aromatic rings. The molecule has 2 aromatic carbocycles. The molecule has 2 amide bonds. The van der Waals surface area contributed by atoms with Crippen molar-refractivity contribution in [1.82, 2.24) is 10.2 Å². The van der Waals surface area contributed by atoms with Gasteiger partial charge in [-0.1, -0.05) is 30.3 Å². The molecule has 2 rings (SSSR count). The summed E-state index contributed by atoms with van der Waals surface area (Å²) in [4.78, 5) is 25.8. The number of ether oxygens (including phenoxy) is 1. The van der Waals surface area contributed by atoms with Crippen LogP contribution in [-0.4, -0.2) is 43.2 Å². The first-order valence-corrected chi connectivity index (χ1v) is 9.20. The SMILES string of the molecule is Cc1cccc(NC(=O)CN(C)CC(=O)NCc2ccccc2OC(F)(F)F)c1C. The molecule has 0 atom stereocenters. The number of benzene rings is 2. The predicted octanol–water partition coefficient (Wildman–Crippen LogP) is 3.39. The van der Waals surface area contributed by atoms with Gasteiger partial charge in [0, 0.05) is 17.8 Å². The van der Waals surface area contributed by atoms with Gasteiger partial charge in [-0.2, -0.15) is 0 Å². The van der Waals surface area contributed by atoms with Gasteiger partial charge in [0.25, 0.3) is 0 Å². The highest BCUT2D eigenvalue weighted by Crippen LogP contribution is 2.26. The third kappa shape index (κ3) is 7.40. The van der Waals surface area contributed by atoms with Crippen molar-refractivity contribution in [2.45, 2.75) is 26.8 Å². The van der Waals surface area contributed by atoms with E-state index >= 15 is 0 Å². The summed E-state index contributed by atoms with van der Waals surface area (Å²) < 4.78 is 41.3. The molecule has 2 N–H and O–H groups in total. The Hall–Kier alpha value is -3.07. The van der Waals surface area contributed by atoms with Gasteiger partial charge in [0.05, 0.1) is 13.1 Å². The van der Waals surface area contributed by atoms with Gasteiger partial charge in [-0.25, -0.2) is 0 Å². The van der Waals surface area contributed by atoms with Crippen molar-refractivity contribution in [2.24, 2.45) is 0 Å². The lowest BCUT2D eigenvalue weighted by Gasteiger charge is -2.17. The zero-order chi connectivity index (χ0) is 22.3. The first-order chi connectivity index (χ1) is 14.0. The van der Waals surface area contributed by atoms with E-state index < -0.39 is 12.3 Å². The number of aryl methyl sites for hydroxylation is 1. The number of anilines is 1. The molecule has 0 aromatic heterocycles. The fraction of sp³-hybridized carbons (Fsp3) is 0.333. The molecule has 6 nitrogen and oxygen atoms in total. The second-order valence-electron chi connectivity index (χ2n) is 6.90. The van der Waals surface area contributed by atoms with Crippen LogP contribution in [0.15, 0.2) is 42.5 Å². The second-order valence-corrected chi connectivity index (χ2v) is 6.90. The topological polar surface area (TPSA) is 70.7 Å². The van der Waals surface area contributed by atoms with E-state index in [0.29, 0.717) is 5.69 Å². The van der Waals surface area contributed by atoms with E-state index in [1.54, 1.807) is 19.2 Å². The normalized spacial score (nSPS) is 11.3. The number of halogens is 3. The third-order valence-electron chi connectivity index (χ3n) is 4.38. The molecule has 0 spiro atoms. The Morgan fingerprint density at radius 1 is 1.00 bits per heavy atom. The van der Waals surface area contributed by atoms with E-state index in [0.717, 1.165) is 11.1 Å². The highest BCUT2D eigenvalue weighted by atomic mass is 19.4. The lowest BCUT2D eigenvalue weighted by molar-refractivity contribution is -0.274. The van der Waals surface area contributed by atoms with Gasteiger partial charge in [0.2, 0.25) is 11.8 Å². The minimum Gasteiger partial charge on any atom is -0.405 e. The fourth-order valence-corrected chi connectivity index (χ4v) is 2.75. The summed E-state index contributed by atoms with van der Waals surface area (Å²) in [5, 5.41) is 5.34. The van der Waals surface area contributed by atoms with Gasteiger partial charge in [0.1, 0.15) is 5.75 Å². The van der Waals surface area contributed by atoms with Crippen LogP contribution < -0.4 is 15.4 Å². The second kappa shape index (κ2) is 10.1. The summed E-state index contributed by atoms with van der Waals surface area (Å²) in [6.07, 6.45) is -4.82. The Bertz CT molecular complexity index is 901. The van der Waals surface area contributed by atoms with Crippen LogP contribution in [0.1, 0.15) is 16.7 Å². The average Bonchev–Trinajstić information content (AvgIpc) is 2.63. The van der Waals surface area contributed by atoms with E-state index in [9.17, 15) is 22.8 Å². The maximum Gasteiger partial charge on any atom is 0.573 e. The van der Waals surface area contributed by atoms with Gasteiger partial charge in [0.15, 0.2) is 0 Å². The van der Waals surface area contributed by atoms with E-state index in [4.69, 9.17) is 0 Å². The molecule has 0 fully saturated rings. The number of hydrogen-bond donors (Lipinski definition) is 2. The minimum absolute atomic E-state index is 0.0193. The van der Waals surface area contributed by atoms with Crippen LogP contribution in [0.2, 0.25) is 0 Å². The van der Waals surface area contributed by atoms with Crippen molar-refractivity contribution in [3.8, 4) is 5.75 Å². The quantitative estimate of drug-likeness (QED) is 0.683. The van der Waals surface area contributed by atoms with E-state index in [2.05, 4.69) is 15.4 Å². The molecule has 0 saturated heterocycles. The van der Waals surface area contributed by atoms with Gasteiger partial charge in [-0.05, 0) is 44.2 Å². The summed E-state index contributed by atoms with van der Waals surface area (Å²) >= 11 is 0. The van der Waals surface area contributed by atoms with E-state index in [1.807, 2.05) is 26.0 Å². The first kappa shape index (κ1) is 23.2. The number of hydrogen-bond acceptors (Lipinski definition) is 4. The molecule has 30 heavy (non-hydrogen) atoms. The predicted molar refractivity (Wildman–Crippen MR) is 107 cm³/mol. The van der Waals surface area contributed by atoms with Crippen molar-refractivity contribution in [1.29, 1.82) is 0 Å². The van der Waals surface area contributed by atoms with Crippen LogP contribution in [-0.2, 0) is 16.1 Å². The van der Waals surface area contributed by atoms with Gasteiger partial charge < -0.3 is 15.4 Å². The Morgan fingerprint density at radius 3 is 2.37 bits per heavy atom. The molecule has 162 valence electrons. The van der Waals surface area contributed by atoms with E-state index in [1.165, 1.54) is 23.1 Å². The van der Waals surface area contributed by atoms with Crippen molar-refractivity contribution in [3.63, 3.8) is 0 Å². The van der Waals surface area contributed by atoms with E-state index in [-0.39, 0.29) is 36.9 Å². The highest BCUT2D eigenvalue weighted by Gasteiger charge is 2.32. The van der Waals surface area contributed by atoms with Crippen LogP contribution in [0.5, 0.6) is 5.75 Å². The number of para-hydroxylation sites is 1. The number of alkyl halides is 3. The van der Waals surface area contributed by atoms with Crippen molar-refractivity contribution < 1.29 is 27.5 Å².